The van der Waals surface area contributed by atoms with E-state index in [1.165, 1.54) is 11.0 Å². The highest BCUT2D eigenvalue weighted by atomic mass is 35.5. The molecule has 1 aliphatic heterocycles. The molecule has 2 heterocycles. The van der Waals surface area contributed by atoms with Gasteiger partial charge in [0.25, 0.3) is 5.89 Å². The monoisotopic (exact) mass is 505 g/mol. The van der Waals surface area contributed by atoms with Crippen LogP contribution in [0.1, 0.15) is 24.8 Å². The molecule has 3 aromatic rings. The molecule has 0 spiro atoms. The topological polar surface area (TPSA) is 131 Å². The number of hydrogen-bond acceptors (Lipinski definition) is 8. The highest BCUT2D eigenvalue weighted by Gasteiger charge is 2.37. The number of carbonyl (C=O) groups excluding carboxylic acids is 1. The number of benzene rings is 2. The van der Waals surface area contributed by atoms with E-state index >= 15 is 4.39 Å². The van der Waals surface area contributed by atoms with Crippen LogP contribution in [0.25, 0.3) is 11.5 Å². The lowest BCUT2D eigenvalue weighted by Crippen LogP contribution is -2.45. The molecule has 178 valence electrons. The summed E-state index contributed by atoms with van der Waals surface area (Å²) in [5.41, 5.74) is 6.49. The first kappa shape index (κ1) is 22.8. The highest BCUT2D eigenvalue weighted by molar-refractivity contribution is 7.91. The van der Waals surface area contributed by atoms with Crippen LogP contribution in [0.5, 0.6) is 0 Å². The van der Waals surface area contributed by atoms with Gasteiger partial charge in [0.1, 0.15) is 5.82 Å². The Morgan fingerprint density at radius 1 is 1.21 bits per heavy atom. The van der Waals surface area contributed by atoms with E-state index in [1.54, 1.807) is 24.3 Å². The van der Waals surface area contributed by atoms with E-state index in [1.807, 2.05) is 0 Å². The lowest BCUT2D eigenvalue weighted by atomic mass is 9.93. The molecule has 2 aliphatic rings. The SMILES string of the molecule is N[C@H]1CS(=O)(=O)c2cc(F)c(-c3nnc(NC4CCC4)o3)cc2N(Cc2ccc(Cl)cc2)C1=O. The number of aromatic nitrogens is 2. The van der Waals surface area contributed by atoms with Crippen molar-refractivity contribution in [3.05, 3.63) is 52.8 Å². The number of anilines is 2. The molecular formula is C22H21ClFN5O4S. The van der Waals surface area contributed by atoms with Crippen molar-refractivity contribution in [2.24, 2.45) is 5.73 Å². The number of carbonyl (C=O) groups is 1. The van der Waals surface area contributed by atoms with E-state index in [-0.39, 0.29) is 40.6 Å². The van der Waals surface area contributed by atoms with E-state index in [0.717, 1.165) is 25.3 Å². The zero-order valence-electron chi connectivity index (χ0n) is 17.9. The average Bonchev–Trinajstić information content (AvgIpc) is 3.21. The molecule has 3 N–H and O–H groups in total. The van der Waals surface area contributed by atoms with Crippen molar-refractivity contribution in [2.75, 3.05) is 16.0 Å². The maximum absolute atomic E-state index is 15.1. The fourth-order valence-corrected chi connectivity index (χ4v) is 5.63. The maximum atomic E-state index is 15.1. The van der Waals surface area contributed by atoms with Crippen LogP contribution in [0, 0.1) is 5.82 Å². The largest absolute Gasteiger partial charge is 0.403 e. The van der Waals surface area contributed by atoms with Crippen LogP contribution in [0.15, 0.2) is 45.7 Å². The number of halogens is 2. The van der Waals surface area contributed by atoms with Crippen LogP contribution >= 0.6 is 11.6 Å². The first-order chi connectivity index (χ1) is 16.2. The van der Waals surface area contributed by atoms with E-state index in [2.05, 4.69) is 15.5 Å². The second-order valence-electron chi connectivity index (χ2n) is 8.42. The van der Waals surface area contributed by atoms with Gasteiger partial charge in [0.05, 0.1) is 34.5 Å². The van der Waals surface area contributed by atoms with Gasteiger partial charge in [0, 0.05) is 11.1 Å². The van der Waals surface area contributed by atoms with Crippen molar-refractivity contribution in [1.82, 2.24) is 10.2 Å². The Labute approximate surface area is 200 Å². The number of nitrogens with two attached hydrogens (primary N) is 1. The number of rotatable bonds is 5. The molecule has 1 saturated carbocycles. The molecule has 0 radical (unpaired) electrons. The van der Waals surface area contributed by atoms with Crippen LogP contribution < -0.4 is 16.0 Å². The third kappa shape index (κ3) is 4.26. The summed E-state index contributed by atoms with van der Waals surface area (Å²) in [5.74, 6) is -2.24. The third-order valence-electron chi connectivity index (χ3n) is 6.00. The minimum Gasteiger partial charge on any atom is -0.403 e. The summed E-state index contributed by atoms with van der Waals surface area (Å²) in [5, 5.41) is 11.4. The Hall–Kier alpha value is -3.02. The lowest BCUT2D eigenvalue weighted by molar-refractivity contribution is -0.119. The number of sulfone groups is 1. The van der Waals surface area contributed by atoms with Gasteiger partial charge in [-0.15, -0.1) is 5.10 Å². The predicted octanol–water partition coefficient (Wildman–Crippen LogP) is 3.14. The standard InChI is InChI=1S/C22H21ClFN5O4S/c23-13-6-4-12(5-7-13)10-29-18-8-15(20-27-28-22(33-20)26-14-2-1-3-14)16(24)9-19(18)34(31,32)11-17(25)21(29)30/h4-9,14,17H,1-3,10-11,25H2,(H,26,28)/t17-/m0/s1. The molecule has 12 heteroatoms. The molecule has 1 aliphatic carbocycles. The maximum Gasteiger partial charge on any atom is 0.315 e. The molecule has 1 atom stereocenters. The Bertz CT molecular complexity index is 1360. The van der Waals surface area contributed by atoms with Gasteiger partial charge in [0.15, 0.2) is 9.84 Å². The second-order valence-corrected chi connectivity index (χ2v) is 10.9. The molecule has 0 bridgehead atoms. The van der Waals surface area contributed by atoms with Crippen molar-refractivity contribution >= 4 is 39.0 Å². The summed E-state index contributed by atoms with van der Waals surface area (Å²) in [4.78, 5) is 14.0. The fourth-order valence-electron chi connectivity index (χ4n) is 3.94. The molecule has 9 nitrogen and oxygen atoms in total. The van der Waals surface area contributed by atoms with Crippen LogP contribution in [-0.4, -0.2) is 42.4 Å². The Morgan fingerprint density at radius 2 is 1.94 bits per heavy atom. The zero-order chi connectivity index (χ0) is 24.0. The summed E-state index contributed by atoms with van der Waals surface area (Å²) in [6, 6.07) is 7.92. The van der Waals surface area contributed by atoms with Gasteiger partial charge in [-0.3, -0.25) is 4.79 Å². The molecule has 34 heavy (non-hydrogen) atoms. The van der Waals surface area contributed by atoms with Gasteiger partial charge < -0.3 is 20.4 Å². The smallest absolute Gasteiger partial charge is 0.315 e. The lowest BCUT2D eigenvalue weighted by Gasteiger charge is -2.25. The number of nitrogens with one attached hydrogen (secondary N) is 1. The number of fused-ring (bicyclic) bond motifs is 1. The Morgan fingerprint density at radius 3 is 2.62 bits per heavy atom. The molecule has 0 saturated heterocycles. The van der Waals surface area contributed by atoms with Crippen molar-refractivity contribution in [3.63, 3.8) is 0 Å². The minimum absolute atomic E-state index is 0.00370. The van der Waals surface area contributed by atoms with Crippen LogP contribution in [0.2, 0.25) is 5.02 Å². The second kappa shape index (κ2) is 8.64. The van der Waals surface area contributed by atoms with Crippen LogP contribution in [0.4, 0.5) is 16.1 Å². The van der Waals surface area contributed by atoms with E-state index in [9.17, 15) is 13.2 Å². The molecular weight excluding hydrogens is 485 g/mol. The summed E-state index contributed by atoms with van der Waals surface area (Å²) >= 11 is 5.95. The molecule has 1 fully saturated rings. The van der Waals surface area contributed by atoms with Crippen LogP contribution in [-0.2, 0) is 21.2 Å². The number of amides is 1. The van der Waals surface area contributed by atoms with Gasteiger partial charge in [0.2, 0.25) is 5.91 Å². The molecule has 1 aromatic heterocycles. The first-order valence-electron chi connectivity index (χ1n) is 10.7. The van der Waals surface area contributed by atoms with E-state index in [0.29, 0.717) is 10.6 Å². The third-order valence-corrected chi connectivity index (χ3v) is 8.05. The van der Waals surface area contributed by atoms with Gasteiger partial charge in [-0.2, -0.15) is 0 Å². The van der Waals surface area contributed by atoms with Crippen molar-refractivity contribution in [2.45, 2.75) is 42.8 Å². The van der Waals surface area contributed by atoms with Crippen LogP contribution in [0.3, 0.4) is 0 Å². The van der Waals surface area contributed by atoms with Crippen molar-refractivity contribution < 1.29 is 22.0 Å². The van der Waals surface area contributed by atoms with Crippen molar-refractivity contribution in [1.29, 1.82) is 0 Å². The molecule has 2 aromatic carbocycles. The van der Waals surface area contributed by atoms with Gasteiger partial charge in [-0.1, -0.05) is 28.8 Å². The highest BCUT2D eigenvalue weighted by Crippen LogP contribution is 2.37. The summed E-state index contributed by atoms with van der Waals surface area (Å²) in [6.45, 7) is 0.00954. The predicted molar refractivity (Wildman–Crippen MR) is 124 cm³/mol. The van der Waals surface area contributed by atoms with E-state index < -0.39 is 33.4 Å². The molecule has 0 unspecified atom stereocenters. The zero-order valence-corrected chi connectivity index (χ0v) is 19.4. The number of hydrogen-bond donors (Lipinski definition) is 2. The normalized spacial score (nSPS) is 19.9. The average molecular weight is 506 g/mol. The van der Waals surface area contributed by atoms with Gasteiger partial charge >= 0.3 is 6.01 Å². The Kier molecular flexibility index (Phi) is 5.78. The quantitative estimate of drug-likeness (QED) is 0.540. The summed E-state index contributed by atoms with van der Waals surface area (Å²) in [6.07, 6.45) is 3.06. The Balaban J connectivity index is 1.59. The minimum atomic E-state index is -4.05. The first-order valence-corrected chi connectivity index (χ1v) is 12.7. The van der Waals surface area contributed by atoms with Crippen molar-refractivity contribution in [3.8, 4) is 11.5 Å². The van der Waals surface area contributed by atoms with E-state index in [4.69, 9.17) is 21.8 Å². The van der Waals surface area contributed by atoms with Gasteiger partial charge in [-0.25, -0.2) is 12.8 Å². The summed E-state index contributed by atoms with van der Waals surface area (Å²) in [7, 11) is -4.05. The number of nitrogens with zero attached hydrogens (tertiary/aromatic N) is 3. The molecule has 1 amide bonds. The fraction of sp³-hybridized carbons (Fsp3) is 0.318. The summed E-state index contributed by atoms with van der Waals surface area (Å²) < 4.78 is 46.6. The van der Waals surface area contributed by atoms with Gasteiger partial charge in [-0.05, 0) is 49.1 Å². The molecule has 5 rings (SSSR count).